The molecule has 0 fully saturated rings. The van der Waals surface area contributed by atoms with Crippen LogP contribution in [0.5, 0.6) is 0 Å². The van der Waals surface area contributed by atoms with Gasteiger partial charge in [-0.05, 0) is 30.3 Å². The highest BCUT2D eigenvalue weighted by molar-refractivity contribution is 7.26. The fourth-order valence-corrected chi connectivity index (χ4v) is 8.60. The lowest BCUT2D eigenvalue weighted by Crippen LogP contribution is -2.00. The van der Waals surface area contributed by atoms with Gasteiger partial charge in [-0.2, -0.15) is 0 Å². The van der Waals surface area contributed by atoms with Crippen molar-refractivity contribution in [2.24, 2.45) is 0 Å². The van der Waals surface area contributed by atoms with Gasteiger partial charge in [0.05, 0.1) is 10.2 Å². The van der Waals surface area contributed by atoms with Gasteiger partial charge in [0, 0.05) is 53.2 Å². The Bertz CT molecular complexity index is 2740. The SMILES string of the molecule is c1ccc(-c2nc(-c3ccccc3)nc(-c3cccc4sc5cc6nc(-c7cccc8oc9ccccc9c78)sc6cc5c34)n2)cc1. The van der Waals surface area contributed by atoms with E-state index in [0.717, 1.165) is 64.8 Å². The van der Waals surface area contributed by atoms with Crippen molar-refractivity contribution in [1.82, 2.24) is 19.9 Å². The zero-order valence-corrected chi connectivity index (χ0v) is 26.3. The minimum Gasteiger partial charge on any atom is -0.456 e. The fraction of sp³-hybridized carbons (Fsp3) is 0. The summed E-state index contributed by atoms with van der Waals surface area (Å²) in [4.78, 5) is 20.2. The molecule has 220 valence electrons. The molecule has 4 aromatic heterocycles. The lowest BCUT2D eigenvalue weighted by Gasteiger charge is -2.09. The van der Waals surface area contributed by atoms with Crippen LogP contribution < -0.4 is 0 Å². The number of rotatable bonds is 4. The Hall–Kier alpha value is -5.76. The fourth-order valence-electron chi connectivity index (χ4n) is 6.43. The number of hydrogen-bond acceptors (Lipinski definition) is 7. The predicted molar refractivity (Wildman–Crippen MR) is 195 cm³/mol. The topological polar surface area (TPSA) is 64.7 Å². The second-order valence-corrected chi connectivity index (χ2v) is 13.5. The number of nitrogens with zero attached hydrogens (tertiary/aromatic N) is 4. The Morgan fingerprint density at radius 2 is 1.09 bits per heavy atom. The lowest BCUT2D eigenvalue weighted by molar-refractivity contribution is 0.669. The molecule has 0 N–H and O–H groups in total. The van der Waals surface area contributed by atoms with E-state index in [-0.39, 0.29) is 0 Å². The van der Waals surface area contributed by atoms with Crippen LogP contribution in [-0.2, 0) is 0 Å². The van der Waals surface area contributed by atoms with Gasteiger partial charge >= 0.3 is 0 Å². The third-order valence-electron chi connectivity index (χ3n) is 8.58. The van der Waals surface area contributed by atoms with Gasteiger partial charge in [0.25, 0.3) is 0 Å². The van der Waals surface area contributed by atoms with Gasteiger partial charge in [0.15, 0.2) is 17.5 Å². The minimum absolute atomic E-state index is 0.654. The molecule has 0 saturated carbocycles. The maximum absolute atomic E-state index is 6.18. The Balaban J connectivity index is 1.18. The largest absolute Gasteiger partial charge is 0.456 e. The molecule has 0 bridgehead atoms. The van der Waals surface area contributed by atoms with Gasteiger partial charge in [0.2, 0.25) is 0 Å². The molecular formula is C40H22N4OS2. The van der Waals surface area contributed by atoms with E-state index in [4.69, 9.17) is 24.4 Å². The number of thiazole rings is 1. The number of aromatic nitrogens is 4. The van der Waals surface area contributed by atoms with Crippen LogP contribution in [0.1, 0.15) is 0 Å². The Morgan fingerprint density at radius 3 is 1.87 bits per heavy atom. The molecule has 0 aliphatic carbocycles. The third-order valence-corrected chi connectivity index (χ3v) is 10.7. The van der Waals surface area contributed by atoms with Crippen LogP contribution in [0.3, 0.4) is 0 Å². The van der Waals surface area contributed by atoms with Crippen molar-refractivity contribution in [1.29, 1.82) is 0 Å². The van der Waals surface area contributed by atoms with Crippen LogP contribution in [-0.4, -0.2) is 19.9 Å². The van der Waals surface area contributed by atoms with Crippen LogP contribution in [0.25, 0.3) is 97.1 Å². The van der Waals surface area contributed by atoms with Crippen LogP contribution >= 0.6 is 22.7 Å². The molecule has 0 unspecified atom stereocenters. The molecule has 7 heteroatoms. The first-order valence-electron chi connectivity index (χ1n) is 15.3. The summed E-state index contributed by atoms with van der Waals surface area (Å²) in [5.74, 6) is 1.97. The highest BCUT2D eigenvalue weighted by Crippen LogP contribution is 2.44. The number of furan rings is 1. The van der Waals surface area contributed by atoms with E-state index in [1.54, 1.807) is 22.7 Å². The summed E-state index contributed by atoms with van der Waals surface area (Å²) >= 11 is 3.49. The predicted octanol–water partition coefficient (Wildman–Crippen LogP) is 11.4. The average molecular weight is 639 g/mol. The second-order valence-electron chi connectivity index (χ2n) is 11.4. The molecule has 0 aliphatic rings. The smallest absolute Gasteiger partial charge is 0.164 e. The van der Waals surface area contributed by atoms with Gasteiger partial charge < -0.3 is 4.42 Å². The maximum atomic E-state index is 6.18. The summed E-state index contributed by atoms with van der Waals surface area (Å²) < 4.78 is 9.69. The Kier molecular flexibility index (Phi) is 5.85. The summed E-state index contributed by atoms with van der Waals surface area (Å²) in [6, 6.07) is 45.6. The van der Waals surface area contributed by atoms with Crippen LogP contribution in [0, 0.1) is 0 Å². The first-order valence-corrected chi connectivity index (χ1v) is 16.9. The normalized spacial score (nSPS) is 11.8. The van der Waals surface area contributed by atoms with Gasteiger partial charge in [-0.3, -0.25) is 0 Å². The standard InChI is InChI=1S/C40H22N4OS2/c1-3-11-23(12-4-1)37-42-38(24-13-5-2-6-14-24)44-39(43-37)26-16-10-20-32-36(26)28-21-34-29(22-33(28)46-32)41-40(47-34)27-17-9-19-31-35(27)25-15-7-8-18-30(25)45-31/h1-22H. The maximum Gasteiger partial charge on any atom is 0.164 e. The molecular weight excluding hydrogens is 617 g/mol. The van der Waals surface area contributed by atoms with Gasteiger partial charge in [-0.1, -0.05) is 103 Å². The number of fused-ring (bicyclic) bond motifs is 7. The molecule has 10 rings (SSSR count). The Labute approximate surface area is 276 Å². The van der Waals surface area contributed by atoms with Crippen molar-refractivity contribution < 1.29 is 4.42 Å². The zero-order chi connectivity index (χ0) is 30.9. The molecule has 0 saturated heterocycles. The molecule has 4 heterocycles. The molecule has 47 heavy (non-hydrogen) atoms. The quantitative estimate of drug-likeness (QED) is 0.192. The number of thiophene rings is 1. The van der Waals surface area contributed by atoms with E-state index in [9.17, 15) is 0 Å². The van der Waals surface area contributed by atoms with Crippen molar-refractivity contribution in [3.63, 3.8) is 0 Å². The van der Waals surface area contributed by atoms with E-state index >= 15 is 0 Å². The van der Waals surface area contributed by atoms with Crippen LogP contribution in [0.15, 0.2) is 138 Å². The number of benzene rings is 6. The summed E-state index contributed by atoms with van der Waals surface area (Å²) in [7, 11) is 0. The minimum atomic E-state index is 0.654. The molecule has 5 nitrogen and oxygen atoms in total. The van der Waals surface area contributed by atoms with Gasteiger partial charge in [0.1, 0.15) is 16.2 Å². The third kappa shape index (κ3) is 4.28. The summed E-state index contributed by atoms with van der Waals surface area (Å²) in [5.41, 5.74) is 6.75. The highest BCUT2D eigenvalue weighted by Gasteiger charge is 2.19. The number of para-hydroxylation sites is 1. The molecule has 0 radical (unpaired) electrons. The summed E-state index contributed by atoms with van der Waals surface area (Å²) in [5, 5.41) is 5.53. The average Bonchev–Trinajstić information content (AvgIpc) is 3.83. The van der Waals surface area contributed by atoms with Crippen molar-refractivity contribution in [3.05, 3.63) is 133 Å². The van der Waals surface area contributed by atoms with E-state index < -0.39 is 0 Å². The molecule has 0 spiro atoms. The summed E-state index contributed by atoms with van der Waals surface area (Å²) in [6.07, 6.45) is 0. The van der Waals surface area contributed by atoms with Crippen LogP contribution in [0.4, 0.5) is 0 Å². The molecule has 6 aromatic carbocycles. The van der Waals surface area contributed by atoms with Crippen molar-refractivity contribution >= 4 is 75.0 Å². The van der Waals surface area contributed by atoms with Crippen molar-refractivity contribution in [2.75, 3.05) is 0 Å². The van der Waals surface area contributed by atoms with E-state index in [1.807, 2.05) is 84.9 Å². The molecule has 0 atom stereocenters. The van der Waals surface area contributed by atoms with E-state index in [1.165, 1.54) is 14.8 Å². The van der Waals surface area contributed by atoms with Crippen LogP contribution in [0.2, 0.25) is 0 Å². The first-order chi connectivity index (χ1) is 23.3. The molecule has 10 aromatic rings. The van der Waals surface area contributed by atoms with Gasteiger partial charge in [-0.15, -0.1) is 22.7 Å². The lowest BCUT2D eigenvalue weighted by atomic mass is 10.1. The summed E-state index contributed by atoms with van der Waals surface area (Å²) in [6.45, 7) is 0. The second kappa shape index (κ2) is 10.4. The van der Waals surface area contributed by atoms with Gasteiger partial charge in [-0.25, -0.2) is 19.9 Å². The first kappa shape index (κ1) is 26.5. The van der Waals surface area contributed by atoms with Crippen molar-refractivity contribution in [2.45, 2.75) is 0 Å². The molecule has 0 aliphatic heterocycles. The van der Waals surface area contributed by atoms with E-state index in [0.29, 0.717) is 17.5 Å². The molecule has 0 amide bonds. The zero-order valence-electron chi connectivity index (χ0n) is 24.7. The van der Waals surface area contributed by atoms with Crippen molar-refractivity contribution in [3.8, 4) is 44.7 Å². The monoisotopic (exact) mass is 638 g/mol. The number of hydrogen-bond donors (Lipinski definition) is 0. The highest BCUT2D eigenvalue weighted by atomic mass is 32.1. The van der Waals surface area contributed by atoms with E-state index in [2.05, 4.69) is 48.5 Å². The Morgan fingerprint density at radius 1 is 0.426 bits per heavy atom.